The summed E-state index contributed by atoms with van der Waals surface area (Å²) in [7, 11) is 1.53. The second-order valence-electron chi connectivity index (χ2n) is 6.63. The van der Waals surface area contributed by atoms with Gasteiger partial charge >= 0.3 is 5.97 Å². The molecule has 2 aromatic carbocycles. The molecule has 0 aliphatic rings. The van der Waals surface area contributed by atoms with E-state index in [2.05, 4.69) is 5.32 Å². The predicted octanol–water partition coefficient (Wildman–Crippen LogP) is 3.29. The minimum atomic E-state index is -3.92. The lowest BCUT2D eigenvalue weighted by molar-refractivity contribution is -0.141. The first-order chi connectivity index (χ1) is 14.5. The molecule has 0 fully saturated rings. The smallest absolute Gasteiger partial charge is 0.307 e. The van der Waals surface area contributed by atoms with Gasteiger partial charge in [-0.15, -0.1) is 0 Å². The quantitative estimate of drug-likeness (QED) is 0.571. The van der Waals surface area contributed by atoms with E-state index >= 15 is 0 Å². The van der Waals surface area contributed by atoms with Crippen molar-refractivity contribution in [3.63, 3.8) is 0 Å². The van der Waals surface area contributed by atoms with Crippen molar-refractivity contribution in [1.82, 2.24) is 9.62 Å². The number of carbonyl (C=O) groups excluding carboxylic acids is 2. The molecule has 0 aliphatic carbocycles. The summed E-state index contributed by atoms with van der Waals surface area (Å²) in [6, 6.07) is 8.30. The average molecular weight is 489 g/mol. The molecule has 0 heterocycles. The second-order valence-corrected chi connectivity index (χ2v) is 9.56. The predicted molar refractivity (Wildman–Crippen MR) is 117 cm³/mol. The Morgan fingerprint density at radius 1 is 1.06 bits per heavy atom. The number of rotatable bonds is 8. The third-order valence-corrected chi connectivity index (χ3v) is 7.04. The molecule has 0 spiro atoms. The highest BCUT2D eigenvalue weighted by Crippen LogP contribution is 2.31. The summed E-state index contributed by atoms with van der Waals surface area (Å²) in [4.78, 5) is 24.6. The number of amides is 1. The number of carbonyl (C=O) groups is 2. The Kier molecular flexibility index (Phi) is 8.30. The fourth-order valence-electron chi connectivity index (χ4n) is 2.67. The fraction of sp³-hybridized carbons (Fsp3) is 0.300. The van der Waals surface area contributed by atoms with E-state index in [1.165, 1.54) is 34.4 Å². The van der Waals surface area contributed by atoms with E-state index in [1.54, 1.807) is 24.3 Å². The Balaban J connectivity index is 2.43. The maximum Gasteiger partial charge on any atom is 0.307 e. The number of ether oxygens (including phenoxy) is 2. The molecular formula is C20H22Cl2N2O6S. The van der Waals surface area contributed by atoms with Crippen molar-refractivity contribution < 1.29 is 27.5 Å². The van der Waals surface area contributed by atoms with Crippen LogP contribution in [0.5, 0.6) is 5.75 Å². The van der Waals surface area contributed by atoms with E-state index < -0.39 is 27.9 Å². The van der Waals surface area contributed by atoms with Crippen molar-refractivity contribution in [2.24, 2.45) is 0 Å². The van der Waals surface area contributed by atoms with Crippen molar-refractivity contribution >= 4 is 45.1 Å². The molecule has 2 rings (SSSR count). The highest BCUT2D eigenvalue weighted by molar-refractivity contribution is 7.89. The maximum absolute atomic E-state index is 13.0. The lowest BCUT2D eigenvalue weighted by Gasteiger charge is -2.20. The van der Waals surface area contributed by atoms with Crippen LogP contribution in [-0.4, -0.2) is 52.9 Å². The van der Waals surface area contributed by atoms with Crippen LogP contribution in [0.15, 0.2) is 41.3 Å². The molecule has 11 heteroatoms. The normalized spacial score (nSPS) is 12.4. The van der Waals surface area contributed by atoms with Gasteiger partial charge in [0.05, 0.1) is 42.3 Å². The average Bonchev–Trinajstić information content (AvgIpc) is 2.72. The second kappa shape index (κ2) is 10.3. The van der Waals surface area contributed by atoms with Gasteiger partial charge in [0.25, 0.3) is 5.91 Å². The van der Waals surface area contributed by atoms with E-state index in [4.69, 9.17) is 32.7 Å². The maximum atomic E-state index is 13.0. The van der Waals surface area contributed by atoms with Gasteiger partial charge in [-0.1, -0.05) is 35.3 Å². The zero-order chi connectivity index (χ0) is 23.3. The summed E-state index contributed by atoms with van der Waals surface area (Å²) in [5, 5.41) is 2.55. The van der Waals surface area contributed by atoms with Crippen LogP contribution in [0.2, 0.25) is 10.0 Å². The van der Waals surface area contributed by atoms with E-state index in [0.29, 0.717) is 11.3 Å². The van der Waals surface area contributed by atoms with Crippen molar-refractivity contribution in [3.8, 4) is 5.75 Å². The number of sulfonamides is 1. The summed E-state index contributed by atoms with van der Waals surface area (Å²) in [5.41, 5.74) is 0.514. The Morgan fingerprint density at radius 3 is 2.19 bits per heavy atom. The summed E-state index contributed by atoms with van der Waals surface area (Å²) < 4.78 is 35.9. The van der Waals surface area contributed by atoms with E-state index in [0.717, 1.165) is 10.4 Å². The summed E-state index contributed by atoms with van der Waals surface area (Å²) in [6.45, 7) is 0. The molecule has 31 heavy (non-hydrogen) atoms. The highest BCUT2D eigenvalue weighted by Gasteiger charge is 2.26. The van der Waals surface area contributed by atoms with Crippen LogP contribution in [-0.2, 0) is 19.6 Å². The lowest BCUT2D eigenvalue weighted by atomic mass is 10.0. The fourth-order valence-corrected chi connectivity index (χ4v) is 4.40. The summed E-state index contributed by atoms with van der Waals surface area (Å²) in [6.07, 6.45) is -0.150. The van der Waals surface area contributed by atoms with Crippen LogP contribution in [0.1, 0.15) is 28.4 Å². The van der Waals surface area contributed by atoms with Crippen LogP contribution in [0.3, 0.4) is 0 Å². The third-order valence-electron chi connectivity index (χ3n) is 4.45. The van der Waals surface area contributed by atoms with Gasteiger partial charge < -0.3 is 14.8 Å². The minimum Gasteiger partial charge on any atom is -0.497 e. The van der Waals surface area contributed by atoms with E-state index in [-0.39, 0.29) is 26.9 Å². The summed E-state index contributed by atoms with van der Waals surface area (Å²) in [5.74, 6) is -0.619. The number of nitrogens with zero attached hydrogens (tertiary/aromatic N) is 1. The van der Waals surface area contributed by atoms with Crippen molar-refractivity contribution in [1.29, 1.82) is 0 Å². The lowest BCUT2D eigenvalue weighted by Crippen LogP contribution is -2.31. The number of hydrogen-bond donors (Lipinski definition) is 1. The SMILES string of the molecule is COC(=O)C[C@@H](NC(=O)c1cc(S(=O)(=O)N(C)C)c(Cl)cc1Cl)c1ccc(OC)cc1. The molecule has 8 nitrogen and oxygen atoms in total. The van der Waals surface area contributed by atoms with E-state index in [1.807, 2.05) is 0 Å². The largest absolute Gasteiger partial charge is 0.497 e. The third kappa shape index (κ3) is 5.88. The van der Waals surface area contributed by atoms with Gasteiger partial charge in [-0.3, -0.25) is 9.59 Å². The number of hydrogen-bond acceptors (Lipinski definition) is 6. The zero-order valence-corrected chi connectivity index (χ0v) is 19.6. The Hall–Kier alpha value is -2.33. The van der Waals surface area contributed by atoms with Gasteiger partial charge in [0.2, 0.25) is 10.0 Å². The van der Waals surface area contributed by atoms with E-state index in [9.17, 15) is 18.0 Å². The van der Waals surface area contributed by atoms with Crippen molar-refractivity contribution in [2.75, 3.05) is 28.3 Å². The van der Waals surface area contributed by atoms with Gasteiger partial charge in [-0.25, -0.2) is 12.7 Å². The minimum absolute atomic E-state index is 0.0354. The van der Waals surface area contributed by atoms with Crippen LogP contribution in [0.25, 0.3) is 0 Å². The number of benzene rings is 2. The molecule has 0 saturated carbocycles. The van der Waals surface area contributed by atoms with Crippen molar-refractivity contribution in [3.05, 3.63) is 57.6 Å². The molecule has 168 valence electrons. The number of methoxy groups -OCH3 is 2. The first-order valence-corrected chi connectivity index (χ1v) is 11.1. The molecule has 0 radical (unpaired) electrons. The first kappa shape index (κ1) is 24.9. The molecule has 2 aromatic rings. The topological polar surface area (TPSA) is 102 Å². The Bertz CT molecular complexity index is 1070. The zero-order valence-electron chi connectivity index (χ0n) is 17.3. The monoisotopic (exact) mass is 488 g/mol. The Morgan fingerprint density at radius 2 is 1.68 bits per heavy atom. The highest BCUT2D eigenvalue weighted by atomic mass is 35.5. The number of nitrogens with one attached hydrogen (secondary N) is 1. The van der Waals surface area contributed by atoms with Crippen LogP contribution in [0, 0.1) is 0 Å². The molecule has 0 bridgehead atoms. The molecule has 0 aliphatic heterocycles. The van der Waals surface area contributed by atoms with Crippen LogP contribution >= 0.6 is 23.2 Å². The number of halogens is 2. The summed E-state index contributed by atoms with van der Waals surface area (Å²) >= 11 is 12.2. The van der Waals surface area contributed by atoms with Gasteiger partial charge in [-0.05, 0) is 29.8 Å². The van der Waals surface area contributed by atoms with Gasteiger partial charge in [0, 0.05) is 14.1 Å². The van der Waals surface area contributed by atoms with Crippen LogP contribution in [0.4, 0.5) is 0 Å². The molecule has 0 unspecified atom stereocenters. The van der Waals surface area contributed by atoms with Gasteiger partial charge in [0.15, 0.2) is 0 Å². The standard InChI is InChI=1S/C20H22Cl2N2O6S/c1-24(2)31(27,28)18-9-14(15(21)10-16(18)22)20(26)23-17(11-19(25)30-4)12-5-7-13(29-3)8-6-12/h5-10,17H,11H2,1-4H3,(H,23,26)/t17-/m1/s1. The molecule has 1 N–H and O–H groups in total. The molecular weight excluding hydrogens is 467 g/mol. The van der Waals surface area contributed by atoms with Crippen LogP contribution < -0.4 is 10.1 Å². The number of esters is 1. The van der Waals surface area contributed by atoms with Crippen molar-refractivity contribution in [2.45, 2.75) is 17.4 Å². The Labute approximate surface area is 191 Å². The molecule has 1 atom stereocenters. The first-order valence-electron chi connectivity index (χ1n) is 8.94. The molecule has 1 amide bonds. The molecule has 0 aromatic heterocycles. The molecule has 0 saturated heterocycles. The van der Waals surface area contributed by atoms with Gasteiger partial charge in [0.1, 0.15) is 10.6 Å². The van der Waals surface area contributed by atoms with Gasteiger partial charge in [-0.2, -0.15) is 0 Å².